The Balaban J connectivity index is 1.26. The number of hydrogen-bond acceptors (Lipinski definition) is 5. The molecule has 0 atom stereocenters. The topological polar surface area (TPSA) is 69.5 Å². The summed E-state index contributed by atoms with van der Waals surface area (Å²) in [5.74, 6) is -1.35. The molecule has 6 nitrogen and oxygen atoms in total. The predicted octanol–water partition coefficient (Wildman–Crippen LogP) is 6.95. The summed E-state index contributed by atoms with van der Waals surface area (Å²) >= 11 is 5.55. The van der Waals surface area contributed by atoms with Gasteiger partial charge >= 0.3 is 6.18 Å². The molecule has 42 heavy (non-hydrogen) atoms. The van der Waals surface area contributed by atoms with Gasteiger partial charge in [0, 0.05) is 24.4 Å². The number of carbonyl (C=O) groups is 1. The molecule has 1 spiro atoms. The molecule has 2 fully saturated rings. The fourth-order valence-corrected chi connectivity index (χ4v) is 6.08. The summed E-state index contributed by atoms with van der Waals surface area (Å²) in [7, 11) is 0. The minimum Gasteiger partial charge on any atom is -0.490 e. The molecule has 3 aromatic carbocycles. The first-order valence-corrected chi connectivity index (χ1v) is 13.6. The van der Waals surface area contributed by atoms with Gasteiger partial charge in [0.05, 0.1) is 12.3 Å². The van der Waals surface area contributed by atoms with Gasteiger partial charge in [-0.1, -0.05) is 42.5 Å². The van der Waals surface area contributed by atoms with Gasteiger partial charge < -0.3 is 9.64 Å². The average molecular weight is 591 g/mol. The number of anilines is 2. The maximum atomic E-state index is 15.3. The van der Waals surface area contributed by atoms with Crippen molar-refractivity contribution in [1.82, 2.24) is 4.98 Å². The number of ether oxygens (including phenoxy) is 1. The number of amides is 1. The molecular formula is C31H22F4N4O2S. The number of rotatable bonds is 6. The summed E-state index contributed by atoms with van der Waals surface area (Å²) in [6, 6.07) is 20.6. The smallest absolute Gasteiger partial charge is 0.421 e. The molecule has 0 radical (unpaired) electrons. The van der Waals surface area contributed by atoms with Crippen molar-refractivity contribution in [3.05, 3.63) is 95.6 Å². The molecule has 1 saturated heterocycles. The highest BCUT2D eigenvalue weighted by atomic mass is 32.1. The van der Waals surface area contributed by atoms with Gasteiger partial charge in [-0.2, -0.15) is 18.4 Å². The van der Waals surface area contributed by atoms with Crippen LogP contribution < -0.4 is 14.5 Å². The molecule has 0 unspecified atom stereocenters. The molecule has 1 aromatic heterocycles. The van der Waals surface area contributed by atoms with Gasteiger partial charge in [0.25, 0.3) is 5.91 Å². The lowest BCUT2D eigenvalue weighted by atomic mass is 9.75. The second-order valence-corrected chi connectivity index (χ2v) is 10.6. The zero-order valence-corrected chi connectivity index (χ0v) is 22.8. The number of aromatic nitrogens is 1. The second-order valence-electron chi connectivity index (χ2n) is 10.2. The van der Waals surface area contributed by atoms with Crippen LogP contribution >= 0.6 is 12.2 Å². The Morgan fingerprint density at radius 2 is 1.81 bits per heavy atom. The molecule has 1 aliphatic heterocycles. The number of thiocarbonyl (C=S) groups is 1. The Labute approximate surface area is 243 Å². The molecule has 6 rings (SSSR count). The summed E-state index contributed by atoms with van der Waals surface area (Å²) < 4.78 is 63.1. The fourth-order valence-electron chi connectivity index (χ4n) is 5.61. The highest BCUT2D eigenvalue weighted by molar-refractivity contribution is 7.81. The van der Waals surface area contributed by atoms with Crippen molar-refractivity contribution in [2.45, 2.75) is 37.4 Å². The average Bonchev–Trinajstić information content (AvgIpc) is 3.19. The van der Waals surface area contributed by atoms with Gasteiger partial charge in [-0.05, 0) is 66.0 Å². The van der Waals surface area contributed by atoms with Crippen LogP contribution in [0, 0.1) is 17.1 Å². The maximum absolute atomic E-state index is 15.3. The molecule has 1 aliphatic carbocycles. The van der Waals surface area contributed by atoms with Crippen molar-refractivity contribution < 1.29 is 27.1 Å². The van der Waals surface area contributed by atoms with E-state index >= 15 is 4.39 Å². The van der Waals surface area contributed by atoms with Crippen molar-refractivity contribution >= 4 is 45.4 Å². The maximum Gasteiger partial charge on any atom is 0.421 e. The largest absolute Gasteiger partial charge is 0.490 e. The van der Waals surface area contributed by atoms with Crippen molar-refractivity contribution in [2.24, 2.45) is 0 Å². The molecule has 212 valence electrons. The van der Waals surface area contributed by atoms with Crippen LogP contribution in [0.15, 0.2) is 72.9 Å². The molecule has 4 aromatic rings. The third-order valence-electron chi connectivity index (χ3n) is 7.79. The number of hydrogen-bond donors (Lipinski definition) is 0. The molecule has 0 N–H and O–H groups in total. The lowest BCUT2D eigenvalue weighted by molar-refractivity contribution is -0.137. The first-order chi connectivity index (χ1) is 20.1. The van der Waals surface area contributed by atoms with Crippen LogP contribution in [0.4, 0.5) is 28.9 Å². The lowest BCUT2D eigenvalue weighted by Gasteiger charge is -2.43. The van der Waals surface area contributed by atoms with Crippen molar-refractivity contribution in [3.8, 4) is 11.8 Å². The molecule has 1 amide bonds. The summed E-state index contributed by atoms with van der Waals surface area (Å²) in [6.07, 6.45) is -2.10. The van der Waals surface area contributed by atoms with E-state index in [1.165, 1.54) is 29.2 Å². The van der Waals surface area contributed by atoms with Gasteiger partial charge in [0.1, 0.15) is 17.2 Å². The standard InChI is InChI=1S/C31H22F4N4O2S/c32-23-17-22(8-9-26(23)41-15-11-19-6-7-20-4-1-2-5-21(20)16-19)39-29(42)38(28(40)30(39)12-3-13-30)25-10-14-37-24(18-36)27(25)31(33,34)35/h1-2,4-10,14,16-17H,3,11-13,15H2. The van der Waals surface area contributed by atoms with Gasteiger partial charge in [-0.3, -0.25) is 9.69 Å². The summed E-state index contributed by atoms with van der Waals surface area (Å²) in [5.41, 5.74) is -2.78. The van der Waals surface area contributed by atoms with Crippen LogP contribution in [0.25, 0.3) is 10.8 Å². The van der Waals surface area contributed by atoms with Crippen molar-refractivity contribution in [3.63, 3.8) is 0 Å². The highest BCUT2D eigenvalue weighted by Gasteiger charge is 2.60. The number of alkyl halides is 3. The zero-order valence-electron chi connectivity index (χ0n) is 22.0. The van der Waals surface area contributed by atoms with Crippen LogP contribution in [-0.2, 0) is 17.4 Å². The van der Waals surface area contributed by atoms with Crippen molar-refractivity contribution in [2.75, 3.05) is 16.4 Å². The first kappa shape index (κ1) is 27.6. The molecule has 2 heterocycles. The fraction of sp³-hybridized carbons (Fsp3) is 0.226. The van der Waals surface area contributed by atoms with E-state index in [-0.39, 0.29) is 23.2 Å². The minimum atomic E-state index is -4.97. The number of nitriles is 1. The van der Waals surface area contributed by atoms with Gasteiger partial charge in [0.15, 0.2) is 22.4 Å². The number of fused-ring (bicyclic) bond motifs is 1. The zero-order chi connectivity index (χ0) is 29.6. The normalized spacial score (nSPS) is 16.2. The number of nitrogens with zero attached hydrogens (tertiary/aromatic N) is 4. The van der Waals surface area contributed by atoms with E-state index in [9.17, 15) is 23.2 Å². The molecule has 11 heteroatoms. The number of benzene rings is 3. The summed E-state index contributed by atoms with van der Waals surface area (Å²) in [4.78, 5) is 19.4. The molecule has 1 saturated carbocycles. The van der Waals surface area contributed by atoms with Gasteiger partial charge in [-0.25, -0.2) is 9.37 Å². The van der Waals surface area contributed by atoms with E-state index in [1.807, 2.05) is 36.4 Å². The van der Waals surface area contributed by atoms with Crippen LogP contribution in [0.2, 0.25) is 0 Å². The van der Waals surface area contributed by atoms with E-state index in [0.29, 0.717) is 25.7 Å². The summed E-state index contributed by atoms with van der Waals surface area (Å²) in [5, 5.41) is 11.3. The van der Waals surface area contributed by atoms with Crippen LogP contribution in [0.3, 0.4) is 0 Å². The quantitative estimate of drug-likeness (QED) is 0.179. The number of pyridine rings is 1. The molecule has 2 aliphatic rings. The minimum absolute atomic E-state index is 0.00245. The Morgan fingerprint density at radius 3 is 2.48 bits per heavy atom. The van der Waals surface area contributed by atoms with E-state index in [2.05, 4.69) is 11.1 Å². The highest BCUT2D eigenvalue weighted by Crippen LogP contribution is 2.50. The lowest BCUT2D eigenvalue weighted by Crippen LogP contribution is -2.55. The molecule has 0 bridgehead atoms. The summed E-state index contributed by atoms with van der Waals surface area (Å²) in [6.45, 7) is 0.219. The van der Waals surface area contributed by atoms with Crippen LogP contribution in [0.5, 0.6) is 5.75 Å². The first-order valence-electron chi connectivity index (χ1n) is 13.2. The van der Waals surface area contributed by atoms with Crippen LogP contribution in [0.1, 0.15) is 36.1 Å². The van der Waals surface area contributed by atoms with Crippen LogP contribution in [-0.4, -0.2) is 28.1 Å². The van der Waals surface area contributed by atoms with Gasteiger partial charge in [0.2, 0.25) is 0 Å². The Bertz CT molecular complexity index is 1780. The predicted molar refractivity (Wildman–Crippen MR) is 153 cm³/mol. The van der Waals surface area contributed by atoms with E-state index in [0.717, 1.165) is 33.5 Å². The Kier molecular flexibility index (Phi) is 6.81. The monoisotopic (exact) mass is 590 g/mol. The second kappa shape index (κ2) is 10.4. The Hall–Kier alpha value is -4.56. The Morgan fingerprint density at radius 1 is 1.05 bits per heavy atom. The third kappa shape index (κ3) is 4.52. The SMILES string of the molecule is N#Cc1nccc(N2C(=O)C3(CCC3)N(c3ccc(OCCc4ccc5ccccc5c4)c(F)c3)C2=S)c1C(F)(F)F. The van der Waals surface area contributed by atoms with E-state index in [1.54, 1.807) is 0 Å². The van der Waals surface area contributed by atoms with Gasteiger partial charge in [-0.15, -0.1) is 0 Å². The van der Waals surface area contributed by atoms with E-state index in [4.69, 9.17) is 17.0 Å². The third-order valence-corrected chi connectivity index (χ3v) is 8.15. The van der Waals surface area contributed by atoms with E-state index < -0.39 is 40.4 Å². The van der Waals surface area contributed by atoms with Crippen molar-refractivity contribution in [1.29, 1.82) is 5.26 Å². The number of halogens is 4. The molecular weight excluding hydrogens is 568 g/mol. The number of carbonyl (C=O) groups excluding carboxylic acids is 1.